The molecule has 44 heavy (non-hydrogen) atoms. The minimum absolute atomic E-state index is 0.104. The average Bonchev–Trinajstić information content (AvgIpc) is 3.55. The monoisotopic (exact) mass is 590 g/mol. The van der Waals surface area contributed by atoms with E-state index in [4.69, 9.17) is 16.2 Å². The van der Waals surface area contributed by atoms with Crippen molar-refractivity contribution in [1.82, 2.24) is 40.1 Å². The van der Waals surface area contributed by atoms with E-state index in [1.807, 2.05) is 84.9 Å². The van der Waals surface area contributed by atoms with Crippen molar-refractivity contribution >= 4 is 11.9 Å². The molecule has 0 unspecified atom stereocenters. The molecule has 6 rings (SSSR count). The van der Waals surface area contributed by atoms with E-state index in [1.165, 1.54) is 22.3 Å². The van der Waals surface area contributed by atoms with Crippen LogP contribution in [-0.4, -0.2) is 40.1 Å². The minimum atomic E-state index is -0.271. The van der Waals surface area contributed by atoms with Crippen LogP contribution >= 0.6 is 0 Å². The number of aryl methyl sites for hydroxylation is 2. The molecule has 0 fully saturated rings. The summed E-state index contributed by atoms with van der Waals surface area (Å²) >= 11 is 0. The Morgan fingerprint density at radius 2 is 1.50 bits per heavy atom. The third-order valence-corrected chi connectivity index (χ3v) is 6.45. The van der Waals surface area contributed by atoms with Crippen molar-refractivity contribution < 1.29 is 4.74 Å². The second-order valence-electron chi connectivity index (χ2n) is 9.66. The molecule has 0 aliphatic carbocycles. The summed E-state index contributed by atoms with van der Waals surface area (Å²) in [5.74, 6) is 1.39. The van der Waals surface area contributed by atoms with Crippen LogP contribution in [0.1, 0.15) is 22.6 Å². The van der Waals surface area contributed by atoms with Crippen molar-refractivity contribution in [2.75, 3.05) is 11.5 Å². The molecule has 0 bridgehead atoms. The summed E-state index contributed by atoms with van der Waals surface area (Å²) in [6.07, 6.45) is 1.47. The molecule has 0 saturated carbocycles. The first-order valence-electron chi connectivity index (χ1n) is 13.7. The molecule has 0 aliphatic heterocycles. The molecule has 0 spiro atoms. The number of anilines is 2. The Morgan fingerprint density at radius 1 is 0.795 bits per heavy atom. The van der Waals surface area contributed by atoms with Gasteiger partial charge < -0.3 is 16.2 Å². The van der Waals surface area contributed by atoms with E-state index in [9.17, 15) is 9.59 Å². The molecule has 0 amide bonds. The van der Waals surface area contributed by atoms with E-state index in [1.54, 1.807) is 0 Å². The first-order chi connectivity index (χ1) is 21.4. The molecule has 6 N–H and O–H groups in total. The lowest BCUT2D eigenvalue weighted by atomic mass is 10.1. The Balaban J connectivity index is 0.000000175. The molecule has 6 aromatic rings. The molecule has 3 aromatic heterocycles. The molecule has 0 radical (unpaired) electrons. The smallest absolute Gasteiger partial charge is 0.255 e. The molecule has 3 aromatic carbocycles. The fraction of sp³-hybridized carbons (Fsp3) is 0.129. The highest BCUT2D eigenvalue weighted by Gasteiger charge is 2.09. The first-order valence-corrected chi connectivity index (χ1v) is 13.7. The summed E-state index contributed by atoms with van der Waals surface area (Å²) in [6, 6.07) is 30.3. The number of hydrogen-bond donors (Lipinski definition) is 4. The van der Waals surface area contributed by atoms with E-state index in [0.29, 0.717) is 30.2 Å². The quantitative estimate of drug-likeness (QED) is 0.194. The Hall–Kier alpha value is -6.11. The van der Waals surface area contributed by atoms with Crippen molar-refractivity contribution in [2.24, 2.45) is 0 Å². The normalized spacial score (nSPS) is 10.5. The standard InChI is InChI=1S/C17H15N3O2.C14H15N7O/c18-17-19-15(10-16(21)20-17)13-6-8-14(9-7-13)22-11-12-4-2-1-3-5-12;15-14-16-11(7-6-10-4-2-1-3-5-10)8-13(22)21(14)9-12-17-19-20-18-12/h1-10H,11H2,(H3,18,19,20,21);1-5,8H,6-7,9H2,(H2,15,16)(H,17,18,19,20). The maximum atomic E-state index is 12.2. The van der Waals surface area contributed by atoms with Crippen LogP contribution in [0.15, 0.2) is 107 Å². The number of aromatic amines is 2. The van der Waals surface area contributed by atoms with Gasteiger partial charge in [-0.05, 0) is 48.2 Å². The number of hydrogen-bond acceptors (Lipinski definition) is 10. The molecule has 3 heterocycles. The van der Waals surface area contributed by atoms with E-state index in [-0.39, 0.29) is 29.6 Å². The van der Waals surface area contributed by atoms with Crippen LogP contribution < -0.4 is 27.3 Å². The number of benzene rings is 3. The van der Waals surface area contributed by atoms with Crippen LogP contribution in [0, 0.1) is 0 Å². The van der Waals surface area contributed by atoms with Crippen molar-refractivity contribution in [3.63, 3.8) is 0 Å². The van der Waals surface area contributed by atoms with Crippen LogP contribution in [0.3, 0.4) is 0 Å². The zero-order valence-corrected chi connectivity index (χ0v) is 23.6. The first kappa shape index (κ1) is 29.4. The number of nitrogen functional groups attached to an aromatic ring is 2. The number of H-pyrrole nitrogens is 2. The summed E-state index contributed by atoms with van der Waals surface area (Å²) in [5, 5.41) is 13.4. The predicted octanol–water partition coefficient (Wildman–Crippen LogP) is 2.77. The highest BCUT2D eigenvalue weighted by Crippen LogP contribution is 2.21. The average molecular weight is 591 g/mol. The lowest BCUT2D eigenvalue weighted by Crippen LogP contribution is -2.26. The molecule has 0 aliphatic rings. The highest BCUT2D eigenvalue weighted by atomic mass is 16.5. The fourth-order valence-corrected chi connectivity index (χ4v) is 4.26. The molecule has 222 valence electrons. The topological polar surface area (TPSA) is 196 Å². The third-order valence-electron chi connectivity index (χ3n) is 6.45. The van der Waals surface area contributed by atoms with Gasteiger partial charge in [0.25, 0.3) is 11.1 Å². The molecule has 13 heteroatoms. The third kappa shape index (κ3) is 8.22. The number of aromatic nitrogens is 8. The summed E-state index contributed by atoms with van der Waals surface area (Å²) in [4.78, 5) is 34.4. The lowest BCUT2D eigenvalue weighted by molar-refractivity contribution is 0.306. The largest absolute Gasteiger partial charge is 0.489 e. The van der Waals surface area contributed by atoms with E-state index in [0.717, 1.165) is 23.3 Å². The van der Waals surface area contributed by atoms with Crippen LogP contribution in [0.2, 0.25) is 0 Å². The Labute approximate surface area is 251 Å². The summed E-state index contributed by atoms with van der Waals surface area (Å²) in [7, 11) is 0. The van der Waals surface area contributed by atoms with E-state index >= 15 is 0 Å². The Bertz CT molecular complexity index is 1890. The molecular weight excluding hydrogens is 560 g/mol. The molecule has 0 atom stereocenters. The maximum absolute atomic E-state index is 12.2. The van der Waals surface area contributed by atoms with Gasteiger partial charge in [0.05, 0.1) is 17.9 Å². The highest BCUT2D eigenvalue weighted by molar-refractivity contribution is 5.60. The number of nitrogens with one attached hydrogen (secondary N) is 2. The van der Waals surface area contributed by atoms with Crippen molar-refractivity contribution in [3.05, 3.63) is 140 Å². The second-order valence-corrected chi connectivity index (χ2v) is 9.66. The maximum Gasteiger partial charge on any atom is 0.255 e. The van der Waals surface area contributed by atoms with Gasteiger partial charge in [-0.2, -0.15) is 5.21 Å². The molecule has 0 saturated heterocycles. The van der Waals surface area contributed by atoms with Gasteiger partial charge in [-0.1, -0.05) is 65.9 Å². The fourth-order valence-electron chi connectivity index (χ4n) is 4.26. The number of rotatable bonds is 9. The zero-order chi connectivity index (χ0) is 30.7. The van der Waals surface area contributed by atoms with Crippen LogP contribution in [0.5, 0.6) is 5.75 Å². The summed E-state index contributed by atoms with van der Waals surface area (Å²) in [5.41, 5.74) is 15.3. The van der Waals surface area contributed by atoms with Gasteiger partial charge in [-0.25, -0.2) is 9.97 Å². The number of ether oxygens (including phenoxy) is 1. The van der Waals surface area contributed by atoms with Gasteiger partial charge in [0, 0.05) is 17.7 Å². The molecular formula is C31H30N10O3. The van der Waals surface area contributed by atoms with Gasteiger partial charge in [-0.15, -0.1) is 10.2 Å². The second kappa shape index (κ2) is 14.2. The predicted molar refractivity (Wildman–Crippen MR) is 166 cm³/mol. The summed E-state index contributed by atoms with van der Waals surface area (Å²) < 4.78 is 7.03. The van der Waals surface area contributed by atoms with Crippen molar-refractivity contribution in [3.8, 4) is 17.0 Å². The van der Waals surface area contributed by atoms with Crippen LogP contribution in [0.4, 0.5) is 11.9 Å². The van der Waals surface area contributed by atoms with Crippen molar-refractivity contribution in [1.29, 1.82) is 0 Å². The lowest BCUT2D eigenvalue weighted by Gasteiger charge is -2.08. The molecule has 13 nitrogen and oxygen atoms in total. The van der Waals surface area contributed by atoms with Gasteiger partial charge in [0.15, 0.2) is 5.82 Å². The Kier molecular flexibility index (Phi) is 9.47. The number of tetrazole rings is 1. The van der Waals surface area contributed by atoms with Crippen molar-refractivity contribution in [2.45, 2.75) is 26.0 Å². The SMILES string of the molecule is Nc1nc(-c2ccc(OCc3ccccc3)cc2)cc(=O)[nH]1.Nc1nc(CCc2ccccc2)cc(=O)n1Cc1nn[nH]n1. The van der Waals surface area contributed by atoms with Crippen LogP contribution in [0.25, 0.3) is 11.3 Å². The number of nitrogens with two attached hydrogens (primary N) is 2. The number of nitrogens with zero attached hydrogens (tertiary/aromatic N) is 6. The van der Waals surface area contributed by atoms with Gasteiger partial charge in [-0.3, -0.25) is 19.1 Å². The van der Waals surface area contributed by atoms with E-state index < -0.39 is 0 Å². The van der Waals surface area contributed by atoms with E-state index in [2.05, 4.69) is 35.6 Å². The zero-order valence-electron chi connectivity index (χ0n) is 23.6. The van der Waals surface area contributed by atoms with Gasteiger partial charge in [0.1, 0.15) is 12.4 Å². The van der Waals surface area contributed by atoms with Gasteiger partial charge in [0.2, 0.25) is 11.9 Å². The summed E-state index contributed by atoms with van der Waals surface area (Å²) in [6.45, 7) is 0.656. The Morgan fingerprint density at radius 3 is 2.14 bits per heavy atom. The minimum Gasteiger partial charge on any atom is -0.489 e. The van der Waals surface area contributed by atoms with Crippen LogP contribution in [-0.2, 0) is 26.0 Å². The van der Waals surface area contributed by atoms with Gasteiger partial charge >= 0.3 is 0 Å².